The smallest absolute Gasteiger partial charge is 0.295 e. The van der Waals surface area contributed by atoms with E-state index < -0.39 is 9.85 Å². The van der Waals surface area contributed by atoms with Crippen molar-refractivity contribution < 1.29 is 19.3 Å². The molecular formula is C13H12N4O6. The number of nitrogens with zero attached hydrogens (tertiary/aromatic N) is 2. The molecular weight excluding hydrogens is 308 g/mol. The summed E-state index contributed by atoms with van der Waals surface area (Å²) in [5.74, 6) is 0.117. The second-order valence-corrected chi connectivity index (χ2v) is 4.30. The van der Waals surface area contributed by atoms with Gasteiger partial charge in [-0.15, -0.1) is 0 Å². The number of ether oxygens (including phenoxy) is 2. The summed E-state index contributed by atoms with van der Waals surface area (Å²) >= 11 is 0. The highest BCUT2D eigenvalue weighted by Crippen LogP contribution is 2.33. The lowest BCUT2D eigenvalue weighted by atomic mass is 10.2. The van der Waals surface area contributed by atoms with Gasteiger partial charge >= 0.3 is 0 Å². The Morgan fingerprint density at radius 3 is 1.57 bits per heavy atom. The average Bonchev–Trinajstić information content (AvgIpc) is 2.50. The molecule has 2 rings (SSSR count). The maximum absolute atomic E-state index is 10.8. The normalized spacial score (nSPS) is 10.1. The third-order valence-corrected chi connectivity index (χ3v) is 2.91. The van der Waals surface area contributed by atoms with Crippen molar-refractivity contribution in [3.05, 3.63) is 56.6 Å². The van der Waals surface area contributed by atoms with Gasteiger partial charge in [0.2, 0.25) is 6.79 Å². The summed E-state index contributed by atoms with van der Waals surface area (Å²) in [7, 11) is 0. The van der Waals surface area contributed by atoms with Crippen LogP contribution in [0.25, 0.3) is 0 Å². The molecule has 0 aromatic heterocycles. The molecule has 0 aliphatic rings. The first-order valence-corrected chi connectivity index (χ1v) is 6.23. The predicted octanol–water partition coefficient (Wildman–Crippen LogP) is 2.08. The summed E-state index contributed by atoms with van der Waals surface area (Å²) in [6.07, 6.45) is 0. The maximum atomic E-state index is 10.8. The van der Waals surface area contributed by atoms with Crippen molar-refractivity contribution in [1.82, 2.24) is 0 Å². The molecule has 120 valence electrons. The number of hydrogen-bond donors (Lipinski definition) is 2. The van der Waals surface area contributed by atoms with Crippen LogP contribution < -0.4 is 20.9 Å². The lowest BCUT2D eigenvalue weighted by Crippen LogP contribution is -2.09. The van der Waals surface area contributed by atoms with Gasteiger partial charge in [0, 0.05) is 12.1 Å². The van der Waals surface area contributed by atoms with E-state index in [1.807, 2.05) is 0 Å². The van der Waals surface area contributed by atoms with Crippen LogP contribution in [0.15, 0.2) is 36.4 Å². The van der Waals surface area contributed by atoms with Crippen LogP contribution in [-0.4, -0.2) is 16.6 Å². The van der Waals surface area contributed by atoms with Gasteiger partial charge in [-0.3, -0.25) is 20.2 Å². The third-order valence-electron chi connectivity index (χ3n) is 2.91. The van der Waals surface area contributed by atoms with Crippen molar-refractivity contribution in [2.45, 2.75) is 0 Å². The quantitative estimate of drug-likeness (QED) is 0.354. The number of nitro benzene ring substituents is 2. The van der Waals surface area contributed by atoms with E-state index in [1.54, 1.807) is 0 Å². The Bertz CT molecular complexity index is 701. The number of para-hydroxylation sites is 2. The molecule has 0 saturated carbocycles. The number of nitrogen functional groups attached to an aromatic ring is 2. The zero-order valence-corrected chi connectivity index (χ0v) is 11.7. The number of anilines is 2. The van der Waals surface area contributed by atoms with Gasteiger partial charge in [-0.1, -0.05) is 12.1 Å². The fraction of sp³-hybridized carbons (Fsp3) is 0.0769. The first kappa shape index (κ1) is 15.8. The van der Waals surface area contributed by atoms with E-state index in [2.05, 4.69) is 0 Å². The Kier molecular flexibility index (Phi) is 4.45. The van der Waals surface area contributed by atoms with Crippen molar-refractivity contribution in [2.24, 2.45) is 0 Å². The Hall–Kier alpha value is -3.56. The van der Waals surface area contributed by atoms with Crippen molar-refractivity contribution in [3.63, 3.8) is 0 Å². The molecule has 0 aliphatic heterocycles. The fourth-order valence-electron chi connectivity index (χ4n) is 1.79. The lowest BCUT2D eigenvalue weighted by Gasteiger charge is -2.11. The molecule has 0 fully saturated rings. The van der Waals surface area contributed by atoms with Crippen LogP contribution in [0.3, 0.4) is 0 Å². The minimum Gasteiger partial charge on any atom is -0.455 e. The van der Waals surface area contributed by atoms with E-state index in [0.717, 1.165) is 0 Å². The Balaban J connectivity index is 2.09. The summed E-state index contributed by atoms with van der Waals surface area (Å²) in [6, 6.07) is 8.16. The Morgan fingerprint density at radius 1 is 0.826 bits per heavy atom. The molecule has 2 aromatic rings. The van der Waals surface area contributed by atoms with Crippen LogP contribution in [0.4, 0.5) is 22.7 Å². The summed E-state index contributed by atoms with van der Waals surface area (Å²) < 4.78 is 10.4. The first-order valence-electron chi connectivity index (χ1n) is 6.23. The number of benzene rings is 2. The predicted molar refractivity (Wildman–Crippen MR) is 81.1 cm³/mol. The summed E-state index contributed by atoms with van der Waals surface area (Å²) in [6.45, 7) is -0.378. The minimum atomic E-state index is -0.637. The summed E-state index contributed by atoms with van der Waals surface area (Å²) in [5, 5.41) is 21.5. The zero-order chi connectivity index (χ0) is 17.0. The number of nitro groups is 2. The van der Waals surface area contributed by atoms with E-state index in [1.165, 1.54) is 36.4 Å². The van der Waals surface area contributed by atoms with Crippen molar-refractivity contribution in [3.8, 4) is 11.5 Å². The van der Waals surface area contributed by atoms with Crippen LogP contribution in [-0.2, 0) is 0 Å². The highest BCUT2D eigenvalue weighted by Gasteiger charge is 2.17. The van der Waals surface area contributed by atoms with E-state index >= 15 is 0 Å². The molecule has 10 nitrogen and oxygen atoms in total. The summed E-state index contributed by atoms with van der Waals surface area (Å²) in [4.78, 5) is 20.3. The monoisotopic (exact) mass is 320 g/mol. The highest BCUT2D eigenvalue weighted by atomic mass is 16.7. The standard InChI is InChI=1S/C13H12N4O6/c14-12-8(16(18)19)3-1-5-10(12)22-7-23-11-6-2-4-9(13(11)15)17(20)21/h1-6H,7,14-15H2. The van der Waals surface area contributed by atoms with E-state index in [0.29, 0.717) is 0 Å². The Morgan fingerprint density at radius 2 is 1.22 bits per heavy atom. The van der Waals surface area contributed by atoms with Crippen LogP contribution in [0.5, 0.6) is 11.5 Å². The lowest BCUT2D eigenvalue weighted by molar-refractivity contribution is -0.384. The minimum absolute atomic E-state index is 0.0585. The molecule has 0 bridgehead atoms. The zero-order valence-electron chi connectivity index (χ0n) is 11.7. The second-order valence-electron chi connectivity index (χ2n) is 4.30. The molecule has 0 radical (unpaired) electrons. The average molecular weight is 320 g/mol. The molecule has 0 amide bonds. The molecule has 0 spiro atoms. The highest BCUT2D eigenvalue weighted by molar-refractivity contribution is 5.67. The van der Waals surface area contributed by atoms with E-state index in [9.17, 15) is 20.2 Å². The largest absolute Gasteiger partial charge is 0.455 e. The van der Waals surface area contributed by atoms with Gasteiger partial charge in [0.05, 0.1) is 9.85 Å². The van der Waals surface area contributed by atoms with Gasteiger partial charge in [-0.25, -0.2) is 0 Å². The molecule has 2 aromatic carbocycles. The SMILES string of the molecule is Nc1c(OCOc2cccc([N+](=O)[O-])c2N)cccc1[N+](=O)[O-]. The van der Waals surface area contributed by atoms with Crippen molar-refractivity contribution in [2.75, 3.05) is 18.3 Å². The number of rotatable bonds is 6. The van der Waals surface area contributed by atoms with Gasteiger partial charge in [0.25, 0.3) is 11.4 Å². The molecule has 0 saturated heterocycles. The maximum Gasteiger partial charge on any atom is 0.295 e. The second kappa shape index (κ2) is 6.47. The van der Waals surface area contributed by atoms with E-state index in [-0.39, 0.29) is 41.0 Å². The molecule has 0 unspecified atom stereocenters. The molecule has 0 aliphatic carbocycles. The fourth-order valence-corrected chi connectivity index (χ4v) is 1.79. The number of hydrogen-bond acceptors (Lipinski definition) is 8. The van der Waals surface area contributed by atoms with Crippen molar-refractivity contribution in [1.29, 1.82) is 0 Å². The summed E-state index contributed by atoms with van der Waals surface area (Å²) in [5.41, 5.74) is 10.4. The van der Waals surface area contributed by atoms with Gasteiger partial charge in [0.1, 0.15) is 0 Å². The van der Waals surface area contributed by atoms with Gasteiger partial charge in [0.15, 0.2) is 22.9 Å². The molecule has 0 heterocycles. The third kappa shape index (κ3) is 3.37. The van der Waals surface area contributed by atoms with E-state index in [4.69, 9.17) is 20.9 Å². The Labute approximate surface area is 129 Å². The van der Waals surface area contributed by atoms with Crippen molar-refractivity contribution >= 4 is 22.7 Å². The topological polar surface area (TPSA) is 157 Å². The molecule has 0 atom stereocenters. The molecule has 4 N–H and O–H groups in total. The number of nitrogens with two attached hydrogens (primary N) is 2. The van der Waals surface area contributed by atoms with Crippen LogP contribution in [0.1, 0.15) is 0 Å². The van der Waals surface area contributed by atoms with Crippen LogP contribution in [0, 0.1) is 20.2 Å². The van der Waals surface area contributed by atoms with Crippen LogP contribution in [0.2, 0.25) is 0 Å². The van der Waals surface area contributed by atoms with Gasteiger partial charge in [-0.05, 0) is 12.1 Å². The first-order chi connectivity index (χ1) is 10.9. The molecule has 23 heavy (non-hydrogen) atoms. The van der Waals surface area contributed by atoms with Gasteiger partial charge in [-0.2, -0.15) is 0 Å². The van der Waals surface area contributed by atoms with Gasteiger partial charge < -0.3 is 20.9 Å². The molecule has 10 heteroatoms. The van der Waals surface area contributed by atoms with Crippen LogP contribution >= 0.6 is 0 Å².